The number of amidine groups is 1. The zero-order valence-electron chi connectivity index (χ0n) is 11.6. The molecule has 0 aliphatic carbocycles. The predicted octanol–water partition coefficient (Wildman–Crippen LogP) is 2.57. The smallest absolute Gasteiger partial charge is 0.255 e. The Balaban J connectivity index is 1.86. The maximum Gasteiger partial charge on any atom is 0.255 e. The summed E-state index contributed by atoms with van der Waals surface area (Å²) >= 11 is 0. The minimum Gasteiger partial charge on any atom is -0.368 e. The van der Waals surface area contributed by atoms with Crippen molar-refractivity contribution in [1.82, 2.24) is 5.32 Å². The topological polar surface area (TPSA) is 53.5 Å². The number of amides is 1. The molecule has 0 radical (unpaired) electrons. The van der Waals surface area contributed by atoms with Crippen LogP contribution in [0.2, 0.25) is 0 Å². The highest BCUT2D eigenvalue weighted by Crippen LogP contribution is 2.18. The van der Waals surface area contributed by atoms with E-state index in [0.717, 1.165) is 24.2 Å². The van der Waals surface area contributed by atoms with Crippen LogP contribution >= 0.6 is 0 Å². The fourth-order valence-electron chi connectivity index (χ4n) is 2.21. The average Bonchev–Trinajstić information content (AvgIpc) is 3.04. The van der Waals surface area contributed by atoms with Crippen LogP contribution in [-0.2, 0) is 0 Å². The molecule has 4 nitrogen and oxygen atoms in total. The van der Waals surface area contributed by atoms with Gasteiger partial charge in [-0.15, -0.1) is 0 Å². The van der Waals surface area contributed by atoms with Gasteiger partial charge < -0.3 is 10.6 Å². The molecule has 0 fully saturated rings. The molecular formula is C16H13F2N3O. The van der Waals surface area contributed by atoms with Crippen molar-refractivity contribution in [2.75, 3.05) is 18.4 Å². The summed E-state index contributed by atoms with van der Waals surface area (Å²) in [6.07, 6.45) is 0. The molecule has 0 saturated heterocycles. The molecule has 0 spiro atoms. The number of para-hydroxylation sites is 1. The third-order valence-corrected chi connectivity index (χ3v) is 3.29. The first-order valence-electron chi connectivity index (χ1n) is 6.79. The van der Waals surface area contributed by atoms with Crippen LogP contribution in [0.25, 0.3) is 0 Å². The lowest BCUT2D eigenvalue weighted by Gasteiger charge is -2.11. The van der Waals surface area contributed by atoms with E-state index in [2.05, 4.69) is 15.6 Å². The summed E-state index contributed by atoms with van der Waals surface area (Å²) in [5.74, 6) is -1.84. The highest BCUT2D eigenvalue weighted by Gasteiger charge is 2.15. The summed E-state index contributed by atoms with van der Waals surface area (Å²) in [5, 5.41) is 5.83. The first kappa shape index (κ1) is 14.2. The number of nitrogens with zero attached hydrogens (tertiary/aromatic N) is 1. The van der Waals surface area contributed by atoms with Crippen molar-refractivity contribution >= 4 is 17.4 Å². The summed E-state index contributed by atoms with van der Waals surface area (Å²) in [4.78, 5) is 16.5. The number of benzene rings is 2. The number of aliphatic imine (C=N–C) groups is 1. The summed E-state index contributed by atoms with van der Waals surface area (Å²) < 4.78 is 26.1. The van der Waals surface area contributed by atoms with Crippen molar-refractivity contribution < 1.29 is 13.6 Å². The maximum atomic E-state index is 13.2. The Morgan fingerprint density at radius 1 is 1.14 bits per heavy atom. The van der Waals surface area contributed by atoms with Crippen molar-refractivity contribution in [2.24, 2.45) is 4.99 Å². The number of anilines is 1. The highest BCUT2D eigenvalue weighted by molar-refractivity contribution is 6.10. The van der Waals surface area contributed by atoms with Crippen LogP contribution in [0.15, 0.2) is 47.5 Å². The lowest BCUT2D eigenvalue weighted by molar-refractivity contribution is 0.102. The van der Waals surface area contributed by atoms with Gasteiger partial charge in [-0.25, -0.2) is 8.78 Å². The Bertz CT molecular complexity index is 759. The van der Waals surface area contributed by atoms with Gasteiger partial charge in [0.1, 0.15) is 5.84 Å². The SMILES string of the molecule is O=C(Nc1ccccc1C1=NCCN1)c1ccc(F)c(F)c1. The summed E-state index contributed by atoms with van der Waals surface area (Å²) in [6.45, 7) is 1.43. The van der Waals surface area contributed by atoms with Gasteiger partial charge in [0.2, 0.25) is 0 Å². The number of halogens is 2. The van der Waals surface area contributed by atoms with Crippen LogP contribution in [0.4, 0.5) is 14.5 Å². The zero-order chi connectivity index (χ0) is 15.5. The Hall–Kier alpha value is -2.76. The Morgan fingerprint density at radius 3 is 2.68 bits per heavy atom. The van der Waals surface area contributed by atoms with Crippen molar-refractivity contribution in [3.05, 3.63) is 65.2 Å². The second kappa shape index (κ2) is 5.93. The summed E-state index contributed by atoms with van der Waals surface area (Å²) in [5.41, 5.74) is 1.37. The van der Waals surface area contributed by atoms with E-state index in [4.69, 9.17) is 0 Å². The van der Waals surface area contributed by atoms with E-state index in [9.17, 15) is 13.6 Å². The molecule has 2 N–H and O–H groups in total. The largest absolute Gasteiger partial charge is 0.368 e. The van der Waals surface area contributed by atoms with Crippen molar-refractivity contribution in [3.63, 3.8) is 0 Å². The number of carbonyl (C=O) groups is 1. The van der Waals surface area contributed by atoms with Crippen LogP contribution in [0.1, 0.15) is 15.9 Å². The van der Waals surface area contributed by atoms with E-state index in [-0.39, 0.29) is 5.56 Å². The Morgan fingerprint density at radius 2 is 1.95 bits per heavy atom. The number of rotatable bonds is 3. The quantitative estimate of drug-likeness (QED) is 0.915. The first-order valence-corrected chi connectivity index (χ1v) is 6.79. The number of hydrogen-bond acceptors (Lipinski definition) is 3. The molecule has 1 heterocycles. The fraction of sp³-hybridized carbons (Fsp3) is 0.125. The molecule has 112 valence electrons. The third-order valence-electron chi connectivity index (χ3n) is 3.29. The average molecular weight is 301 g/mol. The van der Waals surface area contributed by atoms with Crippen molar-refractivity contribution in [3.8, 4) is 0 Å². The predicted molar refractivity (Wildman–Crippen MR) is 80.2 cm³/mol. The normalized spacial score (nSPS) is 13.5. The first-order chi connectivity index (χ1) is 10.6. The lowest BCUT2D eigenvalue weighted by Crippen LogP contribution is -2.22. The monoisotopic (exact) mass is 301 g/mol. The van der Waals surface area contributed by atoms with Crippen molar-refractivity contribution in [2.45, 2.75) is 0 Å². The molecule has 1 aliphatic heterocycles. The van der Waals surface area contributed by atoms with Crippen LogP contribution in [0, 0.1) is 11.6 Å². The van der Waals surface area contributed by atoms with Gasteiger partial charge in [-0.3, -0.25) is 9.79 Å². The minimum absolute atomic E-state index is 0.0509. The molecule has 22 heavy (non-hydrogen) atoms. The van der Waals surface area contributed by atoms with Gasteiger partial charge in [0.05, 0.1) is 12.2 Å². The molecule has 0 bridgehead atoms. The van der Waals surface area contributed by atoms with E-state index >= 15 is 0 Å². The highest BCUT2D eigenvalue weighted by atomic mass is 19.2. The molecule has 1 amide bonds. The molecule has 6 heteroatoms. The Labute approximate surface area is 125 Å². The van der Waals surface area contributed by atoms with Crippen LogP contribution in [-0.4, -0.2) is 24.8 Å². The third kappa shape index (κ3) is 2.81. The van der Waals surface area contributed by atoms with Gasteiger partial charge in [-0.1, -0.05) is 12.1 Å². The second-order valence-corrected chi connectivity index (χ2v) is 4.79. The van der Waals surface area contributed by atoms with E-state index in [0.29, 0.717) is 18.1 Å². The molecule has 0 aromatic heterocycles. The number of nitrogens with one attached hydrogen (secondary N) is 2. The molecular weight excluding hydrogens is 288 g/mol. The molecule has 2 aromatic carbocycles. The number of carbonyl (C=O) groups excluding carboxylic acids is 1. The van der Waals surface area contributed by atoms with Gasteiger partial charge in [0, 0.05) is 17.7 Å². The van der Waals surface area contributed by atoms with Crippen molar-refractivity contribution in [1.29, 1.82) is 0 Å². The maximum absolute atomic E-state index is 13.2. The van der Waals surface area contributed by atoms with Gasteiger partial charge in [-0.05, 0) is 30.3 Å². The van der Waals surface area contributed by atoms with Gasteiger partial charge in [0.15, 0.2) is 11.6 Å². The Kier molecular flexibility index (Phi) is 3.82. The standard InChI is InChI=1S/C16H13F2N3O/c17-12-6-5-10(9-13(12)18)16(22)21-14-4-2-1-3-11(14)15-19-7-8-20-15/h1-6,9H,7-8H2,(H,19,20)(H,21,22). The van der Waals surface area contributed by atoms with E-state index in [1.807, 2.05) is 12.1 Å². The fourth-order valence-corrected chi connectivity index (χ4v) is 2.21. The van der Waals surface area contributed by atoms with E-state index in [1.165, 1.54) is 6.07 Å². The van der Waals surface area contributed by atoms with Crippen LogP contribution < -0.4 is 10.6 Å². The molecule has 0 unspecified atom stereocenters. The summed E-state index contributed by atoms with van der Waals surface area (Å²) in [6, 6.07) is 10.2. The van der Waals surface area contributed by atoms with Gasteiger partial charge >= 0.3 is 0 Å². The summed E-state index contributed by atoms with van der Waals surface area (Å²) in [7, 11) is 0. The molecule has 2 aromatic rings. The second-order valence-electron chi connectivity index (χ2n) is 4.79. The molecule has 0 atom stereocenters. The molecule has 3 rings (SSSR count). The molecule has 1 aliphatic rings. The van der Waals surface area contributed by atoms with Crippen LogP contribution in [0.5, 0.6) is 0 Å². The van der Waals surface area contributed by atoms with Gasteiger partial charge in [-0.2, -0.15) is 0 Å². The zero-order valence-corrected chi connectivity index (χ0v) is 11.6. The van der Waals surface area contributed by atoms with Crippen LogP contribution in [0.3, 0.4) is 0 Å². The number of hydrogen-bond donors (Lipinski definition) is 2. The minimum atomic E-state index is -1.05. The van der Waals surface area contributed by atoms with E-state index < -0.39 is 17.5 Å². The lowest BCUT2D eigenvalue weighted by atomic mass is 10.1. The molecule has 0 saturated carbocycles. The van der Waals surface area contributed by atoms with Gasteiger partial charge in [0.25, 0.3) is 5.91 Å². The van der Waals surface area contributed by atoms with E-state index in [1.54, 1.807) is 12.1 Å².